The van der Waals surface area contributed by atoms with Gasteiger partial charge in [-0.05, 0) is 25.7 Å². The van der Waals surface area contributed by atoms with Crippen LogP contribution in [0.4, 0.5) is 0 Å². The van der Waals surface area contributed by atoms with E-state index in [1.54, 1.807) is 0 Å². The molecule has 1 saturated carbocycles. The van der Waals surface area contributed by atoms with Gasteiger partial charge in [0, 0.05) is 19.2 Å². The van der Waals surface area contributed by atoms with Gasteiger partial charge in [0.25, 0.3) is 0 Å². The van der Waals surface area contributed by atoms with Crippen molar-refractivity contribution >= 4 is 0 Å². The molecule has 72 valence electrons. The second kappa shape index (κ2) is 5.55. The first-order chi connectivity index (χ1) is 5.84. The summed E-state index contributed by atoms with van der Waals surface area (Å²) in [5.74, 6) is 0.867. The first kappa shape index (κ1) is 10.0. The highest BCUT2D eigenvalue weighted by atomic mass is 16.5. The first-order valence-corrected chi connectivity index (χ1v) is 5.15. The zero-order valence-electron chi connectivity index (χ0n) is 8.31. The minimum atomic E-state index is 0.755. The van der Waals surface area contributed by atoms with Crippen molar-refractivity contribution in [1.29, 1.82) is 0 Å². The fourth-order valence-corrected chi connectivity index (χ4v) is 1.91. The highest BCUT2D eigenvalue weighted by molar-refractivity contribution is 4.79. The van der Waals surface area contributed by atoms with Gasteiger partial charge in [-0.3, -0.25) is 0 Å². The maximum Gasteiger partial charge on any atom is 0.0590 e. The van der Waals surface area contributed by atoms with E-state index >= 15 is 0 Å². The Morgan fingerprint density at radius 2 is 2.25 bits per heavy atom. The van der Waals surface area contributed by atoms with Crippen molar-refractivity contribution in [2.45, 2.75) is 39.2 Å². The normalized spacial score (nSPS) is 29.5. The van der Waals surface area contributed by atoms with Gasteiger partial charge in [0.1, 0.15) is 0 Å². The predicted octanol–water partition coefficient (Wildman–Crippen LogP) is 1.80. The SMILES string of the molecule is CCOCCNC1CCCC1C. The molecule has 2 unspecified atom stereocenters. The van der Waals surface area contributed by atoms with Gasteiger partial charge in [0.05, 0.1) is 6.61 Å². The summed E-state index contributed by atoms with van der Waals surface area (Å²) in [6, 6.07) is 0.755. The van der Waals surface area contributed by atoms with Crippen LogP contribution in [0.5, 0.6) is 0 Å². The fourth-order valence-electron chi connectivity index (χ4n) is 1.91. The lowest BCUT2D eigenvalue weighted by atomic mass is 10.1. The van der Waals surface area contributed by atoms with Crippen LogP contribution in [0.1, 0.15) is 33.1 Å². The number of rotatable bonds is 5. The molecule has 0 aromatic carbocycles. The Kier molecular flexibility index (Phi) is 4.62. The highest BCUT2D eigenvalue weighted by Crippen LogP contribution is 2.24. The van der Waals surface area contributed by atoms with Crippen molar-refractivity contribution in [3.8, 4) is 0 Å². The summed E-state index contributed by atoms with van der Waals surface area (Å²) in [6.45, 7) is 7.09. The maximum atomic E-state index is 5.27. The summed E-state index contributed by atoms with van der Waals surface area (Å²) in [5, 5.41) is 3.54. The van der Waals surface area contributed by atoms with Crippen LogP contribution in [0, 0.1) is 5.92 Å². The molecule has 0 heterocycles. The van der Waals surface area contributed by atoms with Crippen LogP contribution in [0.15, 0.2) is 0 Å². The molecule has 0 radical (unpaired) electrons. The highest BCUT2D eigenvalue weighted by Gasteiger charge is 2.21. The molecule has 0 saturated heterocycles. The van der Waals surface area contributed by atoms with Crippen LogP contribution < -0.4 is 5.32 Å². The molecule has 1 aliphatic rings. The lowest BCUT2D eigenvalue weighted by Gasteiger charge is -2.16. The minimum absolute atomic E-state index is 0.755. The summed E-state index contributed by atoms with van der Waals surface area (Å²) in [6.07, 6.45) is 4.15. The molecule has 0 aromatic rings. The van der Waals surface area contributed by atoms with Gasteiger partial charge in [-0.1, -0.05) is 13.3 Å². The molecule has 1 N–H and O–H groups in total. The van der Waals surface area contributed by atoms with Gasteiger partial charge in [-0.15, -0.1) is 0 Å². The van der Waals surface area contributed by atoms with E-state index < -0.39 is 0 Å². The third-order valence-electron chi connectivity index (χ3n) is 2.72. The zero-order chi connectivity index (χ0) is 8.81. The molecular formula is C10H21NO. The second-order valence-electron chi connectivity index (χ2n) is 3.67. The van der Waals surface area contributed by atoms with Gasteiger partial charge in [-0.25, -0.2) is 0 Å². The largest absolute Gasteiger partial charge is 0.380 e. The standard InChI is InChI=1S/C10H21NO/c1-3-12-8-7-11-10-6-4-5-9(10)2/h9-11H,3-8H2,1-2H3. The Morgan fingerprint density at radius 1 is 1.42 bits per heavy atom. The Hall–Kier alpha value is -0.0800. The van der Waals surface area contributed by atoms with E-state index in [1.807, 2.05) is 6.92 Å². The number of ether oxygens (including phenoxy) is 1. The average Bonchev–Trinajstić information content (AvgIpc) is 2.46. The lowest BCUT2D eigenvalue weighted by Crippen LogP contribution is -2.33. The van der Waals surface area contributed by atoms with Gasteiger partial charge in [0.15, 0.2) is 0 Å². The van der Waals surface area contributed by atoms with Gasteiger partial charge in [-0.2, -0.15) is 0 Å². The number of hydrogen-bond acceptors (Lipinski definition) is 2. The molecule has 0 aliphatic heterocycles. The maximum absolute atomic E-state index is 5.27. The molecule has 0 amide bonds. The van der Waals surface area contributed by atoms with Crippen molar-refractivity contribution in [2.75, 3.05) is 19.8 Å². The van der Waals surface area contributed by atoms with Crippen LogP contribution in [0.3, 0.4) is 0 Å². The van der Waals surface area contributed by atoms with E-state index in [9.17, 15) is 0 Å². The molecule has 1 aliphatic carbocycles. The van der Waals surface area contributed by atoms with Crippen molar-refractivity contribution < 1.29 is 4.74 Å². The van der Waals surface area contributed by atoms with Crippen molar-refractivity contribution in [2.24, 2.45) is 5.92 Å². The average molecular weight is 171 g/mol. The zero-order valence-corrected chi connectivity index (χ0v) is 8.31. The molecule has 1 rings (SSSR count). The smallest absolute Gasteiger partial charge is 0.0590 e. The molecule has 1 fully saturated rings. The van der Waals surface area contributed by atoms with Crippen LogP contribution >= 0.6 is 0 Å². The molecule has 0 bridgehead atoms. The van der Waals surface area contributed by atoms with E-state index in [4.69, 9.17) is 4.74 Å². The van der Waals surface area contributed by atoms with E-state index in [-0.39, 0.29) is 0 Å². The predicted molar refractivity (Wildman–Crippen MR) is 51.3 cm³/mol. The van der Waals surface area contributed by atoms with E-state index in [0.717, 1.165) is 31.7 Å². The van der Waals surface area contributed by atoms with Crippen molar-refractivity contribution in [3.05, 3.63) is 0 Å². The van der Waals surface area contributed by atoms with Crippen LogP contribution in [-0.4, -0.2) is 25.8 Å². The van der Waals surface area contributed by atoms with Crippen LogP contribution in [-0.2, 0) is 4.74 Å². The Balaban J connectivity index is 1.98. The quantitative estimate of drug-likeness (QED) is 0.637. The monoisotopic (exact) mass is 171 g/mol. The van der Waals surface area contributed by atoms with E-state index in [1.165, 1.54) is 19.3 Å². The van der Waals surface area contributed by atoms with Gasteiger partial charge < -0.3 is 10.1 Å². The third kappa shape index (κ3) is 3.11. The summed E-state index contributed by atoms with van der Waals surface area (Å²) >= 11 is 0. The molecule has 2 nitrogen and oxygen atoms in total. The van der Waals surface area contributed by atoms with Crippen LogP contribution in [0.2, 0.25) is 0 Å². The van der Waals surface area contributed by atoms with Crippen molar-refractivity contribution in [1.82, 2.24) is 5.32 Å². The molecule has 0 spiro atoms. The summed E-state index contributed by atoms with van der Waals surface area (Å²) in [7, 11) is 0. The topological polar surface area (TPSA) is 21.3 Å². The first-order valence-electron chi connectivity index (χ1n) is 5.15. The second-order valence-corrected chi connectivity index (χ2v) is 3.67. The Labute approximate surface area is 75.7 Å². The Morgan fingerprint density at radius 3 is 2.83 bits per heavy atom. The molecule has 2 heteroatoms. The third-order valence-corrected chi connectivity index (χ3v) is 2.72. The molecular weight excluding hydrogens is 150 g/mol. The lowest BCUT2D eigenvalue weighted by molar-refractivity contribution is 0.145. The molecule has 2 atom stereocenters. The van der Waals surface area contributed by atoms with Gasteiger partial charge in [0.2, 0.25) is 0 Å². The number of nitrogens with one attached hydrogen (secondary N) is 1. The van der Waals surface area contributed by atoms with E-state index in [0.29, 0.717) is 0 Å². The summed E-state index contributed by atoms with van der Waals surface area (Å²) in [5.41, 5.74) is 0. The van der Waals surface area contributed by atoms with Crippen LogP contribution in [0.25, 0.3) is 0 Å². The fraction of sp³-hybridized carbons (Fsp3) is 1.00. The molecule has 12 heavy (non-hydrogen) atoms. The minimum Gasteiger partial charge on any atom is -0.380 e. The van der Waals surface area contributed by atoms with Crippen molar-refractivity contribution in [3.63, 3.8) is 0 Å². The number of hydrogen-bond donors (Lipinski definition) is 1. The summed E-state index contributed by atoms with van der Waals surface area (Å²) < 4.78 is 5.27. The molecule has 0 aromatic heterocycles. The van der Waals surface area contributed by atoms with Gasteiger partial charge >= 0.3 is 0 Å². The van der Waals surface area contributed by atoms with E-state index in [2.05, 4.69) is 12.2 Å². The Bertz CT molecular complexity index is 116. The summed E-state index contributed by atoms with van der Waals surface area (Å²) in [4.78, 5) is 0.